The second kappa shape index (κ2) is 14.3. The van der Waals surface area contributed by atoms with Gasteiger partial charge in [-0.2, -0.15) is 0 Å². The summed E-state index contributed by atoms with van der Waals surface area (Å²) in [5.41, 5.74) is 2.23. The van der Waals surface area contributed by atoms with E-state index in [1.165, 1.54) is 77.0 Å². The van der Waals surface area contributed by atoms with Crippen molar-refractivity contribution in [3.05, 3.63) is 42.5 Å². The first-order valence-corrected chi connectivity index (χ1v) is 13.3. The van der Waals surface area contributed by atoms with Crippen molar-refractivity contribution < 1.29 is 4.74 Å². The van der Waals surface area contributed by atoms with Crippen molar-refractivity contribution in [2.45, 2.75) is 104 Å². The molecule has 1 aliphatic rings. The third-order valence-corrected chi connectivity index (χ3v) is 7.12. The monoisotopic (exact) mass is 436 g/mol. The van der Waals surface area contributed by atoms with Gasteiger partial charge >= 0.3 is 0 Å². The number of aromatic nitrogens is 2. The lowest BCUT2D eigenvalue weighted by Gasteiger charge is -2.28. The molecule has 0 aliphatic heterocycles. The Morgan fingerprint density at radius 1 is 0.719 bits per heavy atom. The van der Waals surface area contributed by atoms with Gasteiger partial charge in [-0.15, -0.1) is 0 Å². The van der Waals surface area contributed by atoms with Crippen LogP contribution in [0, 0.1) is 11.8 Å². The molecule has 1 aliphatic carbocycles. The minimum absolute atomic E-state index is 0.807. The number of unbranched alkanes of at least 4 members (excludes halogenated alkanes) is 5. The van der Waals surface area contributed by atoms with Gasteiger partial charge in [0, 0.05) is 24.4 Å². The summed E-state index contributed by atoms with van der Waals surface area (Å²) in [5, 5.41) is 0. The summed E-state index contributed by atoms with van der Waals surface area (Å²) >= 11 is 0. The lowest BCUT2D eigenvalue weighted by atomic mass is 9.78. The van der Waals surface area contributed by atoms with Gasteiger partial charge in [0.1, 0.15) is 11.6 Å². The molecule has 0 bridgehead atoms. The van der Waals surface area contributed by atoms with Crippen molar-refractivity contribution in [2.24, 2.45) is 11.8 Å². The van der Waals surface area contributed by atoms with Gasteiger partial charge in [0.05, 0.1) is 6.61 Å². The van der Waals surface area contributed by atoms with Crippen molar-refractivity contribution in [2.75, 3.05) is 6.61 Å². The van der Waals surface area contributed by atoms with E-state index in [2.05, 4.69) is 48.1 Å². The number of ether oxygens (including phenoxy) is 1. The molecule has 0 radical (unpaired) electrons. The Morgan fingerprint density at radius 2 is 1.34 bits per heavy atom. The minimum Gasteiger partial charge on any atom is -0.494 e. The molecular weight excluding hydrogens is 392 g/mol. The molecule has 1 aromatic carbocycles. The molecule has 3 rings (SSSR count). The highest BCUT2D eigenvalue weighted by atomic mass is 16.5. The van der Waals surface area contributed by atoms with Crippen molar-refractivity contribution >= 4 is 0 Å². The normalized spacial score (nSPS) is 18.6. The first-order chi connectivity index (χ1) is 15.8. The quantitative estimate of drug-likeness (QED) is 0.279. The Labute approximate surface area is 196 Å². The summed E-state index contributed by atoms with van der Waals surface area (Å²) in [5.74, 6) is 3.80. The average Bonchev–Trinajstić information content (AvgIpc) is 2.85. The van der Waals surface area contributed by atoms with E-state index in [1.807, 2.05) is 12.4 Å². The van der Waals surface area contributed by atoms with Crippen LogP contribution in [0.25, 0.3) is 11.1 Å². The molecule has 1 aromatic heterocycles. The van der Waals surface area contributed by atoms with E-state index < -0.39 is 0 Å². The molecule has 1 saturated carbocycles. The Balaban J connectivity index is 1.38. The summed E-state index contributed by atoms with van der Waals surface area (Å²) in [4.78, 5) is 9.32. The molecule has 0 spiro atoms. The maximum atomic E-state index is 5.88. The Hall–Kier alpha value is -1.90. The number of rotatable bonds is 14. The fraction of sp³-hybridized carbons (Fsp3) is 0.655. The van der Waals surface area contributed by atoms with Crippen LogP contribution in [-0.2, 0) is 6.42 Å². The topological polar surface area (TPSA) is 35.0 Å². The predicted octanol–water partition coefficient (Wildman–Crippen LogP) is 8.42. The molecule has 0 atom stereocenters. The summed E-state index contributed by atoms with van der Waals surface area (Å²) in [6, 6.07) is 8.35. The zero-order valence-electron chi connectivity index (χ0n) is 20.5. The first kappa shape index (κ1) is 24.7. The Kier molecular flexibility index (Phi) is 11.0. The van der Waals surface area contributed by atoms with Gasteiger partial charge in [-0.25, -0.2) is 9.97 Å². The van der Waals surface area contributed by atoms with Gasteiger partial charge in [-0.1, -0.05) is 96.6 Å². The van der Waals surface area contributed by atoms with E-state index in [9.17, 15) is 0 Å². The standard InChI is InChI=1S/C29H44N2O/c1-3-5-7-8-9-21-32-28-18-16-26(17-19-28)27-22-30-29(31-23-27)20-15-25-13-11-24(12-14-25)10-6-4-2/h16-19,22-25H,3-15,20-21H2,1-2H3. The van der Waals surface area contributed by atoms with Gasteiger partial charge in [-0.3, -0.25) is 0 Å². The molecule has 0 saturated heterocycles. The van der Waals surface area contributed by atoms with Crippen LogP contribution in [-0.4, -0.2) is 16.6 Å². The van der Waals surface area contributed by atoms with Gasteiger partial charge < -0.3 is 4.74 Å². The number of aryl methyl sites for hydroxylation is 1. The highest BCUT2D eigenvalue weighted by molar-refractivity contribution is 5.62. The van der Waals surface area contributed by atoms with Crippen LogP contribution < -0.4 is 4.74 Å². The second-order valence-corrected chi connectivity index (χ2v) is 9.74. The smallest absolute Gasteiger partial charge is 0.128 e. The molecule has 3 heteroatoms. The third kappa shape index (κ3) is 8.56. The predicted molar refractivity (Wildman–Crippen MR) is 135 cm³/mol. The second-order valence-electron chi connectivity index (χ2n) is 9.74. The zero-order valence-corrected chi connectivity index (χ0v) is 20.5. The number of nitrogens with zero attached hydrogens (tertiary/aromatic N) is 2. The average molecular weight is 437 g/mol. The molecule has 1 fully saturated rings. The van der Waals surface area contributed by atoms with E-state index in [0.29, 0.717) is 0 Å². The SMILES string of the molecule is CCCCCCCOc1ccc(-c2cnc(CCC3CCC(CCCC)CC3)nc2)cc1. The fourth-order valence-electron chi connectivity index (χ4n) is 4.91. The lowest BCUT2D eigenvalue weighted by molar-refractivity contribution is 0.249. The maximum absolute atomic E-state index is 5.88. The molecule has 3 nitrogen and oxygen atoms in total. The van der Waals surface area contributed by atoms with E-state index in [-0.39, 0.29) is 0 Å². The highest BCUT2D eigenvalue weighted by Gasteiger charge is 2.20. The van der Waals surface area contributed by atoms with E-state index in [4.69, 9.17) is 4.74 Å². The van der Waals surface area contributed by atoms with Gasteiger partial charge in [0.2, 0.25) is 0 Å². The number of benzene rings is 1. The van der Waals surface area contributed by atoms with Gasteiger partial charge in [0.15, 0.2) is 0 Å². The summed E-state index contributed by atoms with van der Waals surface area (Å²) < 4.78 is 5.88. The minimum atomic E-state index is 0.807. The molecule has 32 heavy (non-hydrogen) atoms. The van der Waals surface area contributed by atoms with E-state index in [1.54, 1.807) is 0 Å². The Bertz CT molecular complexity index is 733. The van der Waals surface area contributed by atoms with Crippen molar-refractivity contribution in [1.29, 1.82) is 0 Å². The maximum Gasteiger partial charge on any atom is 0.128 e. The van der Waals surface area contributed by atoms with Crippen molar-refractivity contribution in [3.8, 4) is 16.9 Å². The molecule has 176 valence electrons. The van der Waals surface area contributed by atoms with Gasteiger partial charge in [-0.05, 0) is 42.4 Å². The lowest BCUT2D eigenvalue weighted by Crippen LogP contribution is -2.15. The van der Waals surface area contributed by atoms with Crippen LogP contribution >= 0.6 is 0 Å². The van der Waals surface area contributed by atoms with Crippen LogP contribution in [0.5, 0.6) is 5.75 Å². The summed E-state index contributed by atoms with van der Waals surface area (Å²) in [6.07, 6.45) is 22.4. The summed E-state index contributed by atoms with van der Waals surface area (Å²) in [6.45, 7) is 5.36. The molecule has 0 unspecified atom stereocenters. The third-order valence-electron chi connectivity index (χ3n) is 7.12. The van der Waals surface area contributed by atoms with E-state index >= 15 is 0 Å². The van der Waals surface area contributed by atoms with Crippen molar-refractivity contribution in [3.63, 3.8) is 0 Å². The van der Waals surface area contributed by atoms with Crippen LogP contribution in [0.4, 0.5) is 0 Å². The fourth-order valence-corrected chi connectivity index (χ4v) is 4.91. The number of hydrogen-bond acceptors (Lipinski definition) is 3. The van der Waals surface area contributed by atoms with Gasteiger partial charge in [0.25, 0.3) is 0 Å². The first-order valence-electron chi connectivity index (χ1n) is 13.3. The summed E-state index contributed by atoms with van der Waals surface area (Å²) in [7, 11) is 0. The highest BCUT2D eigenvalue weighted by Crippen LogP contribution is 2.34. The van der Waals surface area contributed by atoms with Crippen LogP contribution in [0.1, 0.15) is 103 Å². The molecule has 0 N–H and O–H groups in total. The van der Waals surface area contributed by atoms with E-state index in [0.717, 1.165) is 54.0 Å². The Morgan fingerprint density at radius 3 is 2.00 bits per heavy atom. The number of hydrogen-bond donors (Lipinski definition) is 0. The van der Waals surface area contributed by atoms with Crippen LogP contribution in [0.2, 0.25) is 0 Å². The zero-order chi connectivity index (χ0) is 22.4. The molecule has 1 heterocycles. The largest absolute Gasteiger partial charge is 0.494 e. The van der Waals surface area contributed by atoms with Crippen LogP contribution in [0.3, 0.4) is 0 Å². The van der Waals surface area contributed by atoms with Crippen molar-refractivity contribution in [1.82, 2.24) is 9.97 Å². The molecule has 2 aromatic rings. The van der Waals surface area contributed by atoms with Crippen LogP contribution in [0.15, 0.2) is 36.7 Å². The molecular formula is C29H44N2O. The molecule has 0 amide bonds.